The Bertz CT molecular complexity index is 1180. The van der Waals surface area contributed by atoms with Gasteiger partial charge in [-0.1, -0.05) is 12.1 Å². The molecule has 0 aromatic heterocycles. The molecule has 8 aliphatic rings. The molecule has 8 fully saturated rings. The lowest BCUT2D eigenvalue weighted by Crippen LogP contribution is -2.55. The number of carbonyl (C=O) groups is 2. The molecule has 8 bridgehead atoms. The van der Waals surface area contributed by atoms with Gasteiger partial charge in [-0.3, -0.25) is 19.7 Å². The summed E-state index contributed by atoms with van der Waals surface area (Å²) in [6, 6.07) is 6.04. The van der Waals surface area contributed by atoms with Crippen LogP contribution in [0.2, 0.25) is 0 Å². The molecule has 0 heterocycles. The summed E-state index contributed by atoms with van der Waals surface area (Å²) in [5.74, 6) is 0.462. The molecule has 1 aromatic rings. The van der Waals surface area contributed by atoms with Gasteiger partial charge in [0.1, 0.15) is 0 Å². The predicted molar refractivity (Wildman–Crippen MR) is 135 cm³/mol. The molecule has 8 saturated carbocycles. The van der Waals surface area contributed by atoms with Crippen LogP contribution >= 0.6 is 0 Å². The lowest BCUT2D eigenvalue weighted by Gasteiger charge is -2.63. The van der Waals surface area contributed by atoms with Crippen LogP contribution in [0.25, 0.3) is 0 Å². The molecule has 9 rings (SSSR count). The van der Waals surface area contributed by atoms with Crippen LogP contribution in [0.1, 0.15) is 101 Å². The number of aliphatic carboxylic acids is 2. The number of hydrogen-bond acceptors (Lipinski definition) is 4. The van der Waals surface area contributed by atoms with Gasteiger partial charge >= 0.3 is 11.9 Å². The first-order valence-electron chi connectivity index (χ1n) is 14.2. The first-order chi connectivity index (χ1) is 17.5. The SMILES string of the molecule is O=C(O)CC12C[C@H]3C[C@@H](C1)CC(c1ccc(C45C[C@H]6C[C@@H](CC(CC(=O)O)(C6)C4)C5)c([N+](=O)[O-])c1)(C3)C2. The Kier molecular flexibility index (Phi) is 4.84. The van der Waals surface area contributed by atoms with Crippen molar-refractivity contribution in [3.8, 4) is 0 Å². The molecule has 0 amide bonds. The summed E-state index contributed by atoms with van der Waals surface area (Å²) in [4.78, 5) is 36.0. The molecule has 2 unspecified atom stereocenters. The molecule has 198 valence electrons. The van der Waals surface area contributed by atoms with Crippen molar-refractivity contribution in [1.29, 1.82) is 0 Å². The van der Waals surface area contributed by atoms with Crippen molar-refractivity contribution in [2.24, 2.45) is 34.5 Å². The maximum absolute atomic E-state index is 12.6. The second-order valence-electron chi connectivity index (χ2n) is 14.6. The van der Waals surface area contributed by atoms with Crippen molar-refractivity contribution in [2.45, 2.75) is 101 Å². The van der Waals surface area contributed by atoms with Gasteiger partial charge in [0.05, 0.1) is 17.8 Å². The van der Waals surface area contributed by atoms with E-state index >= 15 is 0 Å². The number of hydrogen-bond donors (Lipinski definition) is 2. The van der Waals surface area contributed by atoms with Crippen LogP contribution in [0.3, 0.4) is 0 Å². The maximum Gasteiger partial charge on any atom is 0.303 e. The van der Waals surface area contributed by atoms with E-state index in [1.54, 1.807) is 0 Å². The zero-order valence-corrected chi connectivity index (χ0v) is 21.4. The monoisotopic (exact) mass is 507 g/mol. The number of nitro benzene ring substituents is 1. The number of nitro groups is 1. The second-order valence-corrected chi connectivity index (χ2v) is 14.6. The zero-order chi connectivity index (χ0) is 25.8. The molecule has 7 heteroatoms. The fraction of sp³-hybridized carbons (Fsp3) is 0.733. The molecule has 7 nitrogen and oxygen atoms in total. The minimum atomic E-state index is -0.751. The normalized spacial score (nSPS) is 44.8. The van der Waals surface area contributed by atoms with Gasteiger partial charge in [-0.05, 0) is 123 Å². The topological polar surface area (TPSA) is 118 Å². The molecule has 0 saturated heterocycles. The van der Waals surface area contributed by atoms with Crippen LogP contribution in [0.15, 0.2) is 18.2 Å². The van der Waals surface area contributed by atoms with E-state index in [4.69, 9.17) is 0 Å². The largest absolute Gasteiger partial charge is 0.481 e. The molecular formula is C30H37NO6. The highest BCUT2D eigenvalue weighted by Crippen LogP contribution is 2.69. The Labute approximate surface area is 217 Å². The van der Waals surface area contributed by atoms with Gasteiger partial charge in [0.25, 0.3) is 5.69 Å². The highest BCUT2D eigenvalue weighted by molar-refractivity contribution is 5.68. The smallest absolute Gasteiger partial charge is 0.303 e. The Morgan fingerprint density at radius 3 is 1.70 bits per heavy atom. The van der Waals surface area contributed by atoms with Crippen LogP contribution in [0, 0.1) is 44.6 Å². The van der Waals surface area contributed by atoms with Crippen LogP contribution in [0.5, 0.6) is 0 Å². The first kappa shape index (κ1) is 23.7. The Hall–Kier alpha value is -2.44. The maximum atomic E-state index is 12.6. The van der Waals surface area contributed by atoms with Crippen LogP contribution in [-0.4, -0.2) is 27.1 Å². The summed E-state index contributed by atoms with van der Waals surface area (Å²) in [6.07, 6.45) is 12.0. The van der Waals surface area contributed by atoms with Gasteiger partial charge in [-0.15, -0.1) is 0 Å². The van der Waals surface area contributed by atoms with Crippen molar-refractivity contribution in [1.82, 2.24) is 0 Å². The van der Waals surface area contributed by atoms with E-state index in [9.17, 15) is 29.9 Å². The standard InChI is InChI=1S/C30H37NO6/c32-25(33)14-27-6-18-3-19(7-27)11-29(10-18,16-27)22-1-2-23(24(5-22)31(36)37)30-12-20-4-21(13-30)9-28(8-20,17-30)15-26(34)35/h1-2,5,18-21H,3-4,6-17H2,(H,32,33)(H,34,35)/t18-,19+,20-,21-,27?,28?,29?,30?/m0/s1. The molecule has 2 N–H and O–H groups in total. The zero-order valence-electron chi connectivity index (χ0n) is 21.4. The van der Waals surface area contributed by atoms with E-state index in [2.05, 4.69) is 6.07 Å². The lowest BCUT2D eigenvalue weighted by atomic mass is 9.41. The van der Waals surface area contributed by atoms with Crippen LogP contribution in [-0.2, 0) is 20.4 Å². The number of carboxylic acids is 2. The fourth-order valence-electron chi connectivity index (χ4n) is 12.1. The van der Waals surface area contributed by atoms with Gasteiger partial charge in [0.15, 0.2) is 0 Å². The minimum Gasteiger partial charge on any atom is -0.481 e. The highest BCUT2D eigenvalue weighted by atomic mass is 16.6. The van der Waals surface area contributed by atoms with Gasteiger partial charge in [-0.2, -0.15) is 0 Å². The van der Waals surface area contributed by atoms with Gasteiger partial charge in [-0.25, -0.2) is 0 Å². The summed E-state index contributed by atoms with van der Waals surface area (Å²) < 4.78 is 0. The average molecular weight is 508 g/mol. The average Bonchev–Trinajstić information content (AvgIpc) is 2.75. The Morgan fingerprint density at radius 2 is 1.24 bits per heavy atom. The van der Waals surface area contributed by atoms with E-state index in [0.717, 1.165) is 81.8 Å². The molecule has 8 aliphatic carbocycles. The predicted octanol–water partition coefficient (Wildman–Crippen LogP) is 6.22. The van der Waals surface area contributed by atoms with E-state index in [-0.39, 0.29) is 45.1 Å². The quantitative estimate of drug-likeness (QED) is 0.334. The van der Waals surface area contributed by atoms with Crippen LogP contribution < -0.4 is 0 Å². The third-order valence-electron chi connectivity index (χ3n) is 11.8. The molecule has 1 aromatic carbocycles. The molecule has 6 atom stereocenters. The third kappa shape index (κ3) is 3.59. The van der Waals surface area contributed by atoms with Gasteiger partial charge in [0, 0.05) is 17.0 Å². The second kappa shape index (κ2) is 7.57. The molecule has 37 heavy (non-hydrogen) atoms. The van der Waals surface area contributed by atoms with Crippen LogP contribution in [0.4, 0.5) is 5.69 Å². The number of rotatable bonds is 7. The number of carboxylic acid groups (broad SMARTS) is 2. The fourth-order valence-corrected chi connectivity index (χ4v) is 12.1. The van der Waals surface area contributed by atoms with Crippen molar-refractivity contribution < 1.29 is 24.7 Å². The molecule has 0 aliphatic heterocycles. The van der Waals surface area contributed by atoms with E-state index in [1.165, 1.54) is 6.42 Å². The Balaban J connectivity index is 1.28. The number of nitrogens with zero attached hydrogens (tertiary/aromatic N) is 1. The molecular weight excluding hydrogens is 470 g/mol. The number of benzene rings is 1. The Morgan fingerprint density at radius 1 is 0.784 bits per heavy atom. The molecule has 0 spiro atoms. The summed E-state index contributed by atoms with van der Waals surface area (Å²) >= 11 is 0. The van der Waals surface area contributed by atoms with Gasteiger partial charge in [0.2, 0.25) is 0 Å². The summed E-state index contributed by atoms with van der Waals surface area (Å²) in [7, 11) is 0. The van der Waals surface area contributed by atoms with Crippen molar-refractivity contribution in [3.05, 3.63) is 39.4 Å². The van der Waals surface area contributed by atoms with E-state index in [1.807, 2.05) is 12.1 Å². The van der Waals surface area contributed by atoms with Crippen molar-refractivity contribution in [2.75, 3.05) is 0 Å². The lowest BCUT2D eigenvalue weighted by molar-refractivity contribution is -0.386. The molecule has 0 radical (unpaired) electrons. The third-order valence-corrected chi connectivity index (χ3v) is 11.8. The summed E-state index contributed by atoms with van der Waals surface area (Å²) in [6.45, 7) is 0. The van der Waals surface area contributed by atoms with Gasteiger partial charge < -0.3 is 10.2 Å². The van der Waals surface area contributed by atoms with Crippen molar-refractivity contribution in [3.63, 3.8) is 0 Å². The van der Waals surface area contributed by atoms with E-state index in [0.29, 0.717) is 23.7 Å². The van der Waals surface area contributed by atoms with Crippen molar-refractivity contribution >= 4 is 17.6 Å². The first-order valence-corrected chi connectivity index (χ1v) is 14.2. The van der Waals surface area contributed by atoms with E-state index < -0.39 is 11.9 Å². The summed E-state index contributed by atoms with van der Waals surface area (Å²) in [5, 5.41) is 32.0. The summed E-state index contributed by atoms with van der Waals surface area (Å²) in [5.41, 5.74) is 1.22. The minimum absolute atomic E-state index is 0.158. The highest BCUT2D eigenvalue weighted by Gasteiger charge is 2.61.